The van der Waals surface area contributed by atoms with E-state index in [1.807, 2.05) is 12.1 Å². The first-order chi connectivity index (χ1) is 6.72. The van der Waals surface area contributed by atoms with Crippen LogP contribution in [0.15, 0.2) is 29.3 Å². The maximum atomic E-state index is 10.2. The summed E-state index contributed by atoms with van der Waals surface area (Å²) in [6, 6.07) is 7.21. The number of hydrogen-bond donors (Lipinski definition) is 1. The molecule has 0 bridgehead atoms. The molecule has 0 amide bonds. The van der Waals surface area contributed by atoms with E-state index in [-0.39, 0.29) is 37.5 Å². The van der Waals surface area contributed by atoms with Crippen LogP contribution in [0.4, 0.5) is 0 Å². The molecule has 0 aliphatic carbocycles. The van der Waals surface area contributed by atoms with Crippen LogP contribution in [0, 0.1) is 0 Å². The summed E-state index contributed by atoms with van der Waals surface area (Å²) in [4.78, 5) is 13.9. The van der Waals surface area contributed by atoms with Crippen LogP contribution in [0.1, 0.15) is 6.99 Å². The summed E-state index contributed by atoms with van der Waals surface area (Å²) in [6.07, 6.45) is 1.52. The van der Waals surface area contributed by atoms with E-state index in [9.17, 15) is 4.79 Å². The average Bonchev–Trinajstić information content (AvgIpc) is 2.18. The molecule has 0 fully saturated rings. The Kier molecular flexibility index (Phi) is 7.03. The van der Waals surface area contributed by atoms with Gasteiger partial charge in [-0.3, -0.25) is 9.79 Å². The molecule has 0 radical (unpaired) electrons. The van der Waals surface area contributed by atoms with Crippen LogP contribution in [0.5, 0.6) is 5.75 Å². The van der Waals surface area contributed by atoms with Crippen molar-refractivity contribution in [2.45, 2.75) is 0 Å². The SMILES string of the molecule is COc1ccc(C=NCC(=O)O)cc1.[H-].[Na+]. The summed E-state index contributed by atoms with van der Waals surface area (Å²) >= 11 is 0. The van der Waals surface area contributed by atoms with E-state index in [2.05, 4.69) is 4.99 Å². The minimum Gasteiger partial charge on any atom is -1.00 e. The van der Waals surface area contributed by atoms with Crippen molar-refractivity contribution in [2.75, 3.05) is 13.7 Å². The summed E-state index contributed by atoms with van der Waals surface area (Å²) < 4.78 is 4.97. The maximum Gasteiger partial charge on any atom is 1.00 e. The Morgan fingerprint density at radius 3 is 2.60 bits per heavy atom. The molecule has 76 valence electrons. The van der Waals surface area contributed by atoms with Crippen LogP contribution in [0.2, 0.25) is 0 Å². The molecule has 15 heavy (non-hydrogen) atoms. The van der Waals surface area contributed by atoms with E-state index in [4.69, 9.17) is 9.84 Å². The summed E-state index contributed by atoms with van der Waals surface area (Å²) in [7, 11) is 1.59. The molecule has 1 aromatic carbocycles. The van der Waals surface area contributed by atoms with Crippen LogP contribution in [-0.4, -0.2) is 30.9 Å². The molecular formula is C10H12NNaO3. The van der Waals surface area contributed by atoms with Gasteiger partial charge in [0.1, 0.15) is 12.3 Å². The topological polar surface area (TPSA) is 58.9 Å². The number of carboxylic acid groups (broad SMARTS) is 1. The second-order valence-electron chi connectivity index (χ2n) is 2.64. The van der Waals surface area contributed by atoms with Crippen molar-refractivity contribution < 1.29 is 45.6 Å². The van der Waals surface area contributed by atoms with E-state index < -0.39 is 5.97 Å². The predicted octanol–water partition coefficient (Wildman–Crippen LogP) is -1.68. The van der Waals surface area contributed by atoms with E-state index in [0.29, 0.717) is 0 Å². The summed E-state index contributed by atoms with van der Waals surface area (Å²) in [5.74, 6) is -0.171. The first-order valence-corrected chi connectivity index (χ1v) is 4.08. The molecule has 4 nitrogen and oxygen atoms in total. The van der Waals surface area contributed by atoms with Gasteiger partial charge in [-0.15, -0.1) is 0 Å². The summed E-state index contributed by atoms with van der Waals surface area (Å²) in [5.41, 5.74) is 0.854. The number of benzene rings is 1. The third kappa shape index (κ3) is 5.57. The van der Waals surface area contributed by atoms with Crippen molar-refractivity contribution in [3.8, 4) is 5.75 Å². The van der Waals surface area contributed by atoms with Gasteiger partial charge >= 0.3 is 35.5 Å². The van der Waals surface area contributed by atoms with Crippen LogP contribution >= 0.6 is 0 Å². The molecule has 0 aromatic heterocycles. The average molecular weight is 217 g/mol. The van der Waals surface area contributed by atoms with Crippen LogP contribution in [0.25, 0.3) is 0 Å². The van der Waals surface area contributed by atoms with Crippen molar-refractivity contribution in [1.29, 1.82) is 0 Å². The maximum absolute atomic E-state index is 10.2. The Morgan fingerprint density at radius 1 is 1.53 bits per heavy atom. The molecule has 1 rings (SSSR count). The third-order valence-corrected chi connectivity index (χ3v) is 1.58. The molecule has 0 unspecified atom stereocenters. The number of aliphatic imine (C=N–C) groups is 1. The van der Waals surface area contributed by atoms with Crippen molar-refractivity contribution in [3.05, 3.63) is 29.8 Å². The molecule has 0 aliphatic heterocycles. The second-order valence-corrected chi connectivity index (χ2v) is 2.64. The number of methoxy groups -OCH3 is 1. The molecule has 0 aliphatic rings. The summed E-state index contributed by atoms with van der Waals surface area (Å²) in [6.45, 7) is -0.202. The molecule has 0 saturated carbocycles. The normalized spacial score (nSPS) is 9.67. The Morgan fingerprint density at radius 2 is 2.13 bits per heavy atom. The fourth-order valence-electron chi connectivity index (χ4n) is 0.919. The van der Waals surface area contributed by atoms with Gasteiger partial charge in [0, 0.05) is 6.21 Å². The van der Waals surface area contributed by atoms with E-state index in [0.717, 1.165) is 11.3 Å². The summed E-state index contributed by atoms with van der Waals surface area (Å²) in [5, 5.41) is 8.34. The molecule has 1 N–H and O–H groups in total. The number of aliphatic carboxylic acids is 1. The van der Waals surface area contributed by atoms with Crippen LogP contribution in [-0.2, 0) is 4.79 Å². The molecule has 0 spiro atoms. The minimum absolute atomic E-state index is 0. The zero-order valence-electron chi connectivity index (χ0n) is 9.80. The van der Waals surface area contributed by atoms with Gasteiger partial charge in [0.05, 0.1) is 7.11 Å². The van der Waals surface area contributed by atoms with Crippen molar-refractivity contribution in [2.24, 2.45) is 4.99 Å². The third-order valence-electron chi connectivity index (χ3n) is 1.58. The number of nitrogens with zero attached hydrogens (tertiary/aromatic N) is 1. The van der Waals surface area contributed by atoms with Gasteiger partial charge in [-0.25, -0.2) is 0 Å². The standard InChI is InChI=1S/C10H11NO3.Na.H/c1-14-9-4-2-8(3-5-9)6-11-7-10(12)13;;/h2-6H,7H2,1H3,(H,12,13);;/q;+1;-1. The van der Waals surface area contributed by atoms with Gasteiger partial charge in [-0.05, 0) is 29.8 Å². The monoisotopic (exact) mass is 217 g/mol. The number of hydrogen-bond acceptors (Lipinski definition) is 3. The van der Waals surface area contributed by atoms with E-state index in [1.165, 1.54) is 6.21 Å². The zero-order valence-corrected chi connectivity index (χ0v) is 10.8. The van der Waals surface area contributed by atoms with Crippen molar-refractivity contribution in [3.63, 3.8) is 0 Å². The first kappa shape index (κ1) is 14.2. The van der Waals surface area contributed by atoms with Gasteiger partial charge < -0.3 is 11.3 Å². The number of ether oxygens (including phenoxy) is 1. The molecule has 0 atom stereocenters. The van der Waals surface area contributed by atoms with E-state index in [1.54, 1.807) is 19.2 Å². The molecule has 5 heteroatoms. The molecule has 0 heterocycles. The second kappa shape index (κ2) is 7.45. The number of rotatable bonds is 4. The Balaban J connectivity index is 0. The predicted molar refractivity (Wildman–Crippen MR) is 54.2 cm³/mol. The van der Waals surface area contributed by atoms with Gasteiger partial charge in [0.15, 0.2) is 0 Å². The zero-order chi connectivity index (χ0) is 10.4. The van der Waals surface area contributed by atoms with Crippen LogP contribution < -0.4 is 34.3 Å². The van der Waals surface area contributed by atoms with E-state index >= 15 is 0 Å². The quantitative estimate of drug-likeness (QED) is 0.484. The van der Waals surface area contributed by atoms with Crippen molar-refractivity contribution in [1.82, 2.24) is 0 Å². The fourth-order valence-corrected chi connectivity index (χ4v) is 0.919. The van der Waals surface area contributed by atoms with Gasteiger partial charge in [-0.2, -0.15) is 0 Å². The van der Waals surface area contributed by atoms with Gasteiger partial charge in [-0.1, -0.05) is 0 Å². The Bertz CT molecular complexity index is 340. The number of carbonyl (C=O) groups is 1. The Labute approximate surface area is 112 Å². The van der Waals surface area contributed by atoms with Crippen LogP contribution in [0.3, 0.4) is 0 Å². The largest absolute Gasteiger partial charge is 1.00 e. The number of carboxylic acids is 1. The van der Waals surface area contributed by atoms with Crippen molar-refractivity contribution >= 4 is 12.2 Å². The molecule has 1 aromatic rings. The van der Waals surface area contributed by atoms with Gasteiger partial charge in [0.25, 0.3) is 0 Å². The first-order valence-electron chi connectivity index (χ1n) is 4.08. The molecule has 0 saturated heterocycles. The molecular weight excluding hydrogens is 205 g/mol. The van der Waals surface area contributed by atoms with Gasteiger partial charge in [0.2, 0.25) is 0 Å². The fraction of sp³-hybridized carbons (Fsp3) is 0.200. The smallest absolute Gasteiger partial charge is 1.00 e. The Hall–Kier alpha value is -0.840. The minimum atomic E-state index is -0.935.